The number of anilines is 1. The molecule has 6 atom stereocenters. The summed E-state index contributed by atoms with van der Waals surface area (Å²) in [5.41, 5.74) is 6.91. The highest BCUT2D eigenvalue weighted by Crippen LogP contribution is 2.39. The van der Waals surface area contributed by atoms with Crippen molar-refractivity contribution in [1.29, 1.82) is 0 Å². The summed E-state index contributed by atoms with van der Waals surface area (Å²) in [6.45, 7) is 5.05. The smallest absolute Gasteiger partial charge is 0.410 e. The monoisotopic (exact) mass is 1150 g/mol. The minimum atomic E-state index is -1.62. The van der Waals surface area contributed by atoms with Gasteiger partial charge in [0.2, 0.25) is 17.7 Å². The Morgan fingerprint density at radius 1 is 0.867 bits per heavy atom. The number of hydrogen-bond donors (Lipinski definition) is 6. The Bertz CT molecular complexity index is 2940. The van der Waals surface area contributed by atoms with Crippen LogP contribution in [0.4, 0.5) is 28.4 Å². The SMILES string of the molecule is CC(C)[C@H](NC(=O)CCCCCN1C(=O)C=CC1=O)C(=O)NC(CCCNC(N)=O)C(=O)Nc1ccc(COC(=O)N2C[C@@H](CN(C(=O)[C@H](C)O)[C@H](c3nc(-c4cc(F)ccc4F)cn3Cc3ccccc3)C3CCOCC3)[C@@H](F)C2)cc1. The van der Waals surface area contributed by atoms with Crippen molar-refractivity contribution in [3.05, 3.63) is 120 Å². The molecule has 3 aliphatic heterocycles. The van der Waals surface area contributed by atoms with Crippen molar-refractivity contribution >= 4 is 53.3 Å². The summed E-state index contributed by atoms with van der Waals surface area (Å²) in [7, 11) is 0. The van der Waals surface area contributed by atoms with Crippen molar-refractivity contribution in [3.63, 3.8) is 0 Å². The average molecular weight is 1160 g/mol. The van der Waals surface area contributed by atoms with E-state index in [0.717, 1.165) is 28.7 Å². The van der Waals surface area contributed by atoms with Crippen LogP contribution in [0.3, 0.4) is 0 Å². The van der Waals surface area contributed by atoms with Gasteiger partial charge in [0.1, 0.15) is 48.4 Å². The Morgan fingerprint density at radius 3 is 2.25 bits per heavy atom. The molecule has 1 aromatic heterocycles. The van der Waals surface area contributed by atoms with Gasteiger partial charge in [0, 0.05) is 87.9 Å². The fourth-order valence-corrected chi connectivity index (χ4v) is 10.4. The third-order valence-electron chi connectivity index (χ3n) is 14.8. The van der Waals surface area contributed by atoms with Crippen molar-refractivity contribution in [1.82, 2.24) is 40.2 Å². The maximum absolute atomic E-state index is 16.3. The number of imide groups is 1. The number of unbranched alkanes of at least 4 members (excludes halogenated alkanes) is 2. The van der Waals surface area contributed by atoms with Crippen LogP contribution < -0.4 is 27.0 Å². The molecule has 0 spiro atoms. The zero-order chi connectivity index (χ0) is 59.7. The molecule has 3 aromatic carbocycles. The number of halogens is 3. The number of ether oxygens (including phenoxy) is 2. The molecule has 0 saturated carbocycles. The summed E-state index contributed by atoms with van der Waals surface area (Å²) in [6.07, 6.45) is 2.85. The lowest BCUT2D eigenvalue weighted by atomic mass is 9.88. The fourth-order valence-electron chi connectivity index (χ4n) is 10.4. The molecular formula is C59H73F3N10O11. The highest BCUT2D eigenvalue weighted by molar-refractivity contribution is 6.12. The van der Waals surface area contributed by atoms with Crippen LogP contribution in [0, 0.1) is 29.4 Å². The maximum Gasteiger partial charge on any atom is 0.410 e. The quantitative estimate of drug-likeness (QED) is 0.0312. The lowest BCUT2D eigenvalue weighted by Crippen LogP contribution is -2.54. The number of primary amides is 1. The molecule has 446 valence electrons. The van der Waals surface area contributed by atoms with Crippen LogP contribution in [-0.2, 0) is 51.4 Å². The Hall–Kier alpha value is -8.12. The van der Waals surface area contributed by atoms with Gasteiger partial charge < -0.3 is 55.9 Å². The number of urea groups is 1. The molecule has 0 bridgehead atoms. The van der Waals surface area contributed by atoms with E-state index in [2.05, 4.69) is 21.3 Å². The number of alkyl halides is 1. The summed E-state index contributed by atoms with van der Waals surface area (Å²) in [5.74, 6) is -5.79. The number of carbonyl (C=O) groups is 8. The predicted molar refractivity (Wildman–Crippen MR) is 298 cm³/mol. The number of aliphatic hydroxyl groups excluding tert-OH is 1. The molecule has 0 aliphatic carbocycles. The highest BCUT2D eigenvalue weighted by Gasteiger charge is 2.44. The van der Waals surface area contributed by atoms with E-state index in [9.17, 15) is 47.9 Å². The molecule has 21 nitrogen and oxygen atoms in total. The molecule has 3 aliphatic rings. The number of carbonyl (C=O) groups excluding carboxylic acids is 8. The van der Waals surface area contributed by atoms with Crippen LogP contribution in [0.15, 0.2) is 91.1 Å². The molecule has 2 fully saturated rings. The second kappa shape index (κ2) is 29.7. The van der Waals surface area contributed by atoms with Crippen LogP contribution >= 0.6 is 0 Å². The van der Waals surface area contributed by atoms with Gasteiger partial charge in [0.05, 0.1) is 18.3 Å². The molecule has 4 aromatic rings. The van der Waals surface area contributed by atoms with Gasteiger partial charge in [0.25, 0.3) is 17.7 Å². The van der Waals surface area contributed by atoms with Crippen molar-refractivity contribution in [2.45, 2.75) is 116 Å². The van der Waals surface area contributed by atoms with Gasteiger partial charge in [-0.1, -0.05) is 62.7 Å². The van der Waals surface area contributed by atoms with Gasteiger partial charge in [0.15, 0.2) is 0 Å². The molecule has 83 heavy (non-hydrogen) atoms. The topological polar surface area (TPSA) is 277 Å². The number of aromatic nitrogens is 2. The third-order valence-corrected chi connectivity index (χ3v) is 14.8. The van der Waals surface area contributed by atoms with Gasteiger partial charge in [-0.3, -0.25) is 33.7 Å². The van der Waals surface area contributed by atoms with E-state index < -0.39 is 83.7 Å². The number of likely N-dealkylation sites (tertiary alicyclic amines) is 1. The lowest BCUT2D eigenvalue weighted by molar-refractivity contribution is -0.145. The molecule has 1 unspecified atom stereocenters. The van der Waals surface area contributed by atoms with Crippen LogP contribution in [0.1, 0.15) is 95.1 Å². The first-order valence-electron chi connectivity index (χ1n) is 28.0. The van der Waals surface area contributed by atoms with Crippen molar-refractivity contribution < 1.29 is 66.1 Å². The number of aliphatic hydroxyl groups is 1. The van der Waals surface area contributed by atoms with Gasteiger partial charge in [-0.25, -0.2) is 27.7 Å². The van der Waals surface area contributed by atoms with Crippen LogP contribution in [0.2, 0.25) is 0 Å². The minimum absolute atomic E-state index is 0.0754. The fraction of sp³-hybridized carbons (Fsp3) is 0.475. The number of benzene rings is 3. The van der Waals surface area contributed by atoms with Crippen molar-refractivity contribution in [3.8, 4) is 11.3 Å². The first-order valence-corrected chi connectivity index (χ1v) is 28.0. The van der Waals surface area contributed by atoms with E-state index >= 15 is 8.78 Å². The average Bonchev–Trinajstić information content (AvgIpc) is 3.55. The largest absolute Gasteiger partial charge is 0.445 e. The standard InChI is InChI=1S/C59H73F3N10O11/c1-36(2)52(68-49(74)14-8-5-9-26-71-50(75)21-22-51(71)76)56(78)67-47(13-10-25-64-58(63)80)55(77)65-43-18-15-39(16-19-43)35-83-59(81)70-31-41(46(62)33-70)32-72(57(79)37(3)73)53(40-23-27-82-28-24-40)54-66-48(44-29-42(60)17-20-45(44)61)34-69(54)30-38-11-6-4-7-12-38/h4,6-7,11-12,15-22,29,34,36-37,40-41,46-47,52-53,73H,5,8-10,13-14,23-28,30-33,35H2,1-3H3,(H,65,77)(H,67,78)(H,68,74)(H3,63,64,80)/t37-,41-,46-,47?,52-,53-/m0/s1. The van der Waals surface area contributed by atoms with E-state index in [1.54, 1.807) is 48.9 Å². The van der Waals surface area contributed by atoms with Gasteiger partial charge in [-0.15, -0.1) is 0 Å². The summed E-state index contributed by atoms with van der Waals surface area (Å²) in [4.78, 5) is 112. The number of rotatable bonds is 27. The Kier molecular flexibility index (Phi) is 22.4. The van der Waals surface area contributed by atoms with E-state index in [4.69, 9.17) is 20.2 Å². The predicted octanol–water partition coefficient (Wildman–Crippen LogP) is 5.66. The molecular weight excluding hydrogens is 1080 g/mol. The molecule has 24 heteroatoms. The van der Waals surface area contributed by atoms with Crippen LogP contribution in [0.5, 0.6) is 0 Å². The van der Waals surface area contributed by atoms with Crippen molar-refractivity contribution in [2.24, 2.45) is 23.5 Å². The molecule has 0 radical (unpaired) electrons. The molecule has 2 saturated heterocycles. The number of amides is 9. The van der Waals surface area contributed by atoms with E-state index in [0.29, 0.717) is 62.4 Å². The number of nitrogens with zero attached hydrogens (tertiary/aromatic N) is 5. The number of nitrogens with two attached hydrogens (primary N) is 1. The van der Waals surface area contributed by atoms with Crippen molar-refractivity contribution in [2.75, 3.05) is 51.3 Å². The van der Waals surface area contributed by atoms with Crippen LogP contribution in [-0.4, -0.2) is 147 Å². The molecule has 4 heterocycles. The highest BCUT2D eigenvalue weighted by atomic mass is 19.1. The lowest BCUT2D eigenvalue weighted by Gasteiger charge is -2.40. The number of nitrogens with one attached hydrogen (secondary N) is 4. The number of hydrogen-bond acceptors (Lipinski definition) is 12. The van der Waals surface area contributed by atoms with Gasteiger partial charge in [-0.2, -0.15) is 0 Å². The molecule has 7 N–H and O–H groups in total. The summed E-state index contributed by atoms with van der Waals surface area (Å²) < 4.78 is 59.4. The summed E-state index contributed by atoms with van der Waals surface area (Å²) in [6, 6.07) is 14.9. The zero-order valence-corrected chi connectivity index (χ0v) is 46.8. The van der Waals surface area contributed by atoms with Gasteiger partial charge >= 0.3 is 12.1 Å². The number of imidazole rings is 1. The first-order chi connectivity index (χ1) is 39.8. The third kappa shape index (κ3) is 17.5. The zero-order valence-electron chi connectivity index (χ0n) is 46.8. The van der Waals surface area contributed by atoms with E-state index in [1.807, 2.05) is 30.3 Å². The minimum Gasteiger partial charge on any atom is -0.445 e. The Morgan fingerprint density at radius 2 is 1.58 bits per heavy atom. The van der Waals surface area contributed by atoms with Crippen LogP contribution in [0.25, 0.3) is 11.3 Å². The second-order valence-corrected chi connectivity index (χ2v) is 21.5. The Labute approximate surface area is 479 Å². The second-order valence-electron chi connectivity index (χ2n) is 21.5. The molecule has 9 amide bonds. The Balaban J connectivity index is 0.976. The molecule has 7 rings (SSSR count). The van der Waals surface area contributed by atoms with Gasteiger partial charge in [-0.05, 0) is 98.7 Å². The summed E-state index contributed by atoms with van der Waals surface area (Å²) >= 11 is 0. The summed E-state index contributed by atoms with van der Waals surface area (Å²) in [5, 5.41) is 21.6. The van der Waals surface area contributed by atoms with E-state index in [-0.39, 0.29) is 100 Å². The maximum atomic E-state index is 16.3. The first kappa shape index (κ1) is 62.5. The normalized spacial score (nSPS) is 17.7. The van der Waals surface area contributed by atoms with E-state index in [1.165, 1.54) is 28.9 Å².